The molecule has 1 aromatic carbocycles. The first-order valence-corrected chi connectivity index (χ1v) is 10.4. The molecule has 2 heterocycles. The van der Waals surface area contributed by atoms with Crippen molar-refractivity contribution in [3.8, 4) is 5.75 Å². The van der Waals surface area contributed by atoms with Crippen LogP contribution >= 0.6 is 0 Å². The third kappa shape index (κ3) is 3.39. The molecule has 5 nitrogen and oxygen atoms in total. The number of aliphatic hydroxyl groups is 1. The third-order valence-electron chi connectivity index (χ3n) is 6.14. The maximum Gasteiger partial charge on any atom is 0.258 e. The van der Waals surface area contributed by atoms with Crippen LogP contribution in [0.5, 0.6) is 5.75 Å². The number of fused-ring (bicyclic) bond motifs is 1. The number of carbonyl (C=O) groups excluding carboxylic acids is 1. The number of rotatable bonds is 5. The number of nitrogens with zero attached hydrogens (tertiary/aromatic N) is 2. The molecule has 0 spiro atoms. The van der Waals surface area contributed by atoms with E-state index in [1.54, 1.807) is 0 Å². The van der Waals surface area contributed by atoms with Crippen molar-refractivity contribution in [2.45, 2.75) is 69.7 Å². The summed E-state index contributed by atoms with van der Waals surface area (Å²) >= 11 is 0. The summed E-state index contributed by atoms with van der Waals surface area (Å²) < 4.78 is 6.12. The first kappa shape index (κ1) is 17.7. The van der Waals surface area contributed by atoms with Crippen molar-refractivity contribution < 1.29 is 14.6 Å². The zero-order chi connectivity index (χ0) is 19.1. The van der Waals surface area contributed by atoms with Crippen molar-refractivity contribution in [2.75, 3.05) is 0 Å². The third-order valence-corrected chi connectivity index (χ3v) is 6.14. The summed E-state index contributed by atoms with van der Waals surface area (Å²) in [5.74, 6) is 1.25. The number of hydrogen-bond acceptors (Lipinski definition) is 4. The second-order valence-corrected chi connectivity index (χ2v) is 8.33. The van der Waals surface area contributed by atoms with Crippen LogP contribution in [0.3, 0.4) is 0 Å². The van der Waals surface area contributed by atoms with E-state index in [-0.39, 0.29) is 12.0 Å². The van der Waals surface area contributed by atoms with E-state index in [1.165, 1.54) is 18.5 Å². The van der Waals surface area contributed by atoms with Crippen molar-refractivity contribution in [2.24, 2.45) is 0 Å². The number of carbonyl (C=O) groups is 1. The quantitative estimate of drug-likeness (QED) is 0.860. The first-order valence-electron chi connectivity index (χ1n) is 10.4. The maximum atomic E-state index is 13.1. The van der Waals surface area contributed by atoms with Crippen molar-refractivity contribution in [1.29, 1.82) is 0 Å². The van der Waals surface area contributed by atoms with Crippen LogP contribution in [0, 0.1) is 0 Å². The van der Waals surface area contributed by atoms with E-state index in [4.69, 9.17) is 4.74 Å². The van der Waals surface area contributed by atoms with Gasteiger partial charge in [-0.1, -0.05) is 24.6 Å². The second-order valence-electron chi connectivity index (χ2n) is 8.33. The number of benzene rings is 1. The van der Waals surface area contributed by atoms with Gasteiger partial charge in [-0.25, -0.2) is 0 Å². The van der Waals surface area contributed by atoms with Crippen LogP contribution in [0.2, 0.25) is 0 Å². The fraction of sp³-hybridized carbons (Fsp3) is 0.478. The zero-order valence-electron chi connectivity index (χ0n) is 16.0. The van der Waals surface area contributed by atoms with Gasteiger partial charge in [0, 0.05) is 30.9 Å². The summed E-state index contributed by atoms with van der Waals surface area (Å²) in [4.78, 5) is 19.5. The molecular weight excluding hydrogens is 352 g/mol. The lowest BCUT2D eigenvalue weighted by molar-refractivity contribution is 0.00636. The van der Waals surface area contributed by atoms with Crippen LogP contribution in [0.25, 0.3) is 0 Å². The lowest BCUT2D eigenvalue weighted by Gasteiger charge is -2.28. The van der Waals surface area contributed by atoms with Gasteiger partial charge in [-0.15, -0.1) is 0 Å². The Labute approximate surface area is 165 Å². The molecule has 2 aliphatic carbocycles. The van der Waals surface area contributed by atoms with Gasteiger partial charge >= 0.3 is 0 Å². The highest BCUT2D eigenvalue weighted by atomic mass is 16.5. The molecule has 5 heteroatoms. The Morgan fingerprint density at radius 2 is 1.96 bits per heavy atom. The number of aliphatic hydroxyl groups excluding tert-OH is 1. The molecule has 28 heavy (non-hydrogen) atoms. The van der Waals surface area contributed by atoms with E-state index in [2.05, 4.69) is 17.1 Å². The van der Waals surface area contributed by atoms with Gasteiger partial charge in [-0.05, 0) is 55.4 Å². The Morgan fingerprint density at radius 1 is 1.11 bits per heavy atom. The maximum absolute atomic E-state index is 13.1. The fourth-order valence-electron chi connectivity index (χ4n) is 4.36. The average molecular weight is 378 g/mol. The first-order chi connectivity index (χ1) is 13.7. The normalized spacial score (nSPS) is 24.3. The summed E-state index contributed by atoms with van der Waals surface area (Å²) in [6.45, 7) is 1.14. The van der Waals surface area contributed by atoms with Crippen LogP contribution in [0.15, 0.2) is 36.5 Å². The van der Waals surface area contributed by atoms with Gasteiger partial charge in [0.25, 0.3) is 5.91 Å². The lowest BCUT2D eigenvalue weighted by atomic mass is 9.94. The van der Waals surface area contributed by atoms with E-state index < -0.39 is 6.10 Å². The number of hydrogen-bond donors (Lipinski definition) is 1. The molecule has 0 saturated heterocycles. The van der Waals surface area contributed by atoms with Crippen LogP contribution in [0.1, 0.15) is 71.6 Å². The van der Waals surface area contributed by atoms with Gasteiger partial charge in [-0.2, -0.15) is 0 Å². The van der Waals surface area contributed by atoms with Gasteiger partial charge in [0.15, 0.2) is 0 Å². The molecule has 1 aliphatic heterocycles. The molecule has 1 aromatic heterocycles. The Morgan fingerprint density at radius 3 is 2.71 bits per heavy atom. The summed E-state index contributed by atoms with van der Waals surface area (Å²) in [5, 5.41) is 10.2. The van der Waals surface area contributed by atoms with E-state index in [1.807, 2.05) is 29.3 Å². The minimum absolute atomic E-state index is 0.00201. The number of amides is 1. The van der Waals surface area contributed by atoms with Gasteiger partial charge in [0.2, 0.25) is 0 Å². The van der Waals surface area contributed by atoms with Gasteiger partial charge < -0.3 is 14.7 Å². The monoisotopic (exact) mass is 378 g/mol. The molecule has 2 atom stereocenters. The highest BCUT2D eigenvalue weighted by molar-refractivity contribution is 6.01. The van der Waals surface area contributed by atoms with Crippen molar-refractivity contribution >= 4 is 5.91 Å². The molecule has 2 unspecified atom stereocenters. The standard InChI is InChI=1S/C23H26N2O3/c26-19-5-1-2-6-20(19)28-21-7-3-4-17-14-25(23(27)22(17)21)13-15-8-11-18(24-12-15)16-9-10-16/h3-4,7-8,11-12,16,19-20,26H,1-2,5-6,9-10,13-14H2. The van der Waals surface area contributed by atoms with Crippen LogP contribution in [0.4, 0.5) is 0 Å². The van der Waals surface area contributed by atoms with E-state index in [0.717, 1.165) is 36.8 Å². The molecule has 1 amide bonds. The summed E-state index contributed by atoms with van der Waals surface area (Å²) in [6, 6.07) is 9.97. The number of aromatic nitrogens is 1. The largest absolute Gasteiger partial charge is 0.487 e. The Balaban J connectivity index is 1.32. The van der Waals surface area contributed by atoms with E-state index in [9.17, 15) is 9.90 Å². The predicted octanol–water partition coefficient (Wildman–Crippen LogP) is 3.80. The van der Waals surface area contributed by atoms with Crippen LogP contribution < -0.4 is 4.74 Å². The molecule has 2 aromatic rings. The molecule has 0 bridgehead atoms. The summed E-state index contributed by atoms with van der Waals surface area (Å²) in [6.07, 6.45) is 7.41. The second kappa shape index (κ2) is 7.21. The smallest absolute Gasteiger partial charge is 0.258 e. The SMILES string of the molecule is O=C1c2c(cccc2OC2CCCCC2O)CN1Cc1ccc(C2CC2)nc1. The molecule has 0 radical (unpaired) electrons. The zero-order valence-corrected chi connectivity index (χ0v) is 16.0. The van der Waals surface area contributed by atoms with Crippen molar-refractivity contribution in [3.63, 3.8) is 0 Å². The molecule has 3 aliphatic rings. The Bertz CT molecular complexity index is 876. The number of pyridine rings is 1. The molecule has 2 fully saturated rings. The van der Waals surface area contributed by atoms with Gasteiger partial charge in [0.1, 0.15) is 11.9 Å². The predicted molar refractivity (Wildman–Crippen MR) is 105 cm³/mol. The highest BCUT2D eigenvalue weighted by Crippen LogP contribution is 2.39. The van der Waals surface area contributed by atoms with Crippen molar-refractivity contribution in [3.05, 3.63) is 58.9 Å². The average Bonchev–Trinajstić information content (AvgIpc) is 3.50. The topological polar surface area (TPSA) is 62.7 Å². The minimum Gasteiger partial charge on any atom is -0.487 e. The highest BCUT2D eigenvalue weighted by Gasteiger charge is 2.33. The van der Waals surface area contributed by atoms with Gasteiger partial charge in [0.05, 0.1) is 11.7 Å². The fourth-order valence-corrected chi connectivity index (χ4v) is 4.36. The molecule has 2 saturated carbocycles. The Kier molecular flexibility index (Phi) is 4.55. The minimum atomic E-state index is -0.451. The molecular formula is C23H26N2O3. The molecule has 1 N–H and O–H groups in total. The van der Waals surface area contributed by atoms with Crippen LogP contribution in [-0.4, -0.2) is 33.1 Å². The van der Waals surface area contributed by atoms with Gasteiger partial charge in [-0.3, -0.25) is 9.78 Å². The van der Waals surface area contributed by atoms with E-state index >= 15 is 0 Å². The summed E-state index contributed by atoms with van der Waals surface area (Å²) in [5.41, 5.74) is 3.87. The van der Waals surface area contributed by atoms with Crippen molar-refractivity contribution in [1.82, 2.24) is 9.88 Å². The van der Waals surface area contributed by atoms with E-state index in [0.29, 0.717) is 30.3 Å². The lowest BCUT2D eigenvalue weighted by Crippen LogP contribution is -2.35. The van der Waals surface area contributed by atoms with Crippen LogP contribution in [-0.2, 0) is 13.1 Å². The summed E-state index contributed by atoms with van der Waals surface area (Å²) in [7, 11) is 0. The molecule has 146 valence electrons. The number of ether oxygens (including phenoxy) is 1. The molecule has 5 rings (SSSR count). The Hall–Kier alpha value is -2.40.